The smallest absolute Gasteiger partial charge is 0.0639 e. The third-order valence-corrected chi connectivity index (χ3v) is 4.22. The Morgan fingerprint density at radius 3 is 2.50 bits per heavy atom. The number of nitrogens with one attached hydrogen (secondary N) is 1. The minimum atomic E-state index is 0.206. The van der Waals surface area contributed by atoms with Crippen molar-refractivity contribution in [2.45, 2.75) is 25.8 Å². The molecule has 1 nitrogen and oxygen atoms in total. The number of rotatable bonds is 6. The Morgan fingerprint density at radius 1 is 1.00 bits per heavy atom. The molecule has 0 aliphatic rings. The maximum atomic E-state index is 6.22. The quantitative estimate of drug-likeness (QED) is 0.716. The van der Waals surface area contributed by atoms with Gasteiger partial charge in [0, 0.05) is 6.04 Å². The first-order valence-corrected chi connectivity index (χ1v) is 7.65. The SMILES string of the molecule is CC(NCCCc1ccccc1)c1cccc(Cl)c1Cl. The van der Waals surface area contributed by atoms with Crippen LogP contribution in [0.15, 0.2) is 48.5 Å². The Balaban J connectivity index is 1.81. The van der Waals surface area contributed by atoms with Gasteiger partial charge in [0.05, 0.1) is 10.0 Å². The lowest BCUT2D eigenvalue weighted by atomic mass is 10.1. The van der Waals surface area contributed by atoms with E-state index in [-0.39, 0.29) is 6.04 Å². The molecule has 0 heterocycles. The summed E-state index contributed by atoms with van der Waals surface area (Å²) >= 11 is 12.3. The summed E-state index contributed by atoms with van der Waals surface area (Å²) in [6.07, 6.45) is 2.19. The minimum Gasteiger partial charge on any atom is -0.310 e. The molecule has 2 rings (SSSR count). The molecule has 106 valence electrons. The van der Waals surface area contributed by atoms with E-state index in [9.17, 15) is 0 Å². The van der Waals surface area contributed by atoms with Gasteiger partial charge in [-0.2, -0.15) is 0 Å². The van der Waals surface area contributed by atoms with Gasteiger partial charge >= 0.3 is 0 Å². The van der Waals surface area contributed by atoms with E-state index >= 15 is 0 Å². The predicted molar refractivity (Wildman–Crippen MR) is 87.6 cm³/mol. The molecule has 0 amide bonds. The molecule has 0 radical (unpaired) electrons. The van der Waals surface area contributed by atoms with E-state index in [4.69, 9.17) is 23.2 Å². The van der Waals surface area contributed by atoms with Gasteiger partial charge in [0.1, 0.15) is 0 Å². The molecule has 0 fully saturated rings. The number of halogens is 2. The van der Waals surface area contributed by atoms with E-state index in [1.165, 1.54) is 5.56 Å². The van der Waals surface area contributed by atoms with E-state index in [2.05, 4.69) is 36.5 Å². The highest BCUT2D eigenvalue weighted by molar-refractivity contribution is 6.42. The Bertz CT molecular complexity index is 540. The fraction of sp³-hybridized carbons (Fsp3) is 0.294. The number of aryl methyl sites for hydroxylation is 1. The van der Waals surface area contributed by atoms with E-state index < -0.39 is 0 Å². The Labute approximate surface area is 130 Å². The van der Waals surface area contributed by atoms with Gasteiger partial charge in [-0.15, -0.1) is 0 Å². The molecule has 1 atom stereocenters. The van der Waals surface area contributed by atoms with Gasteiger partial charge < -0.3 is 5.32 Å². The molecule has 2 aromatic rings. The van der Waals surface area contributed by atoms with Crippen LogP contribution in [0.1, 0.15) is 30.5 Å². The number of benzene rings is 2. The van der Waals surface area contributed by atoms with Crippen LogP contribution in [0.4, 0.5) is 0 Å². The normalized spacial score (nSPS) is 12.3. The highest BCUT2D eigenvalue weighted by Crippen LogP contribution is 2.29. The van der Waals surface area contributed by atoms with Crippen molar-refractivity contribution in [3.05, 3.63) is 69.7 Å². The third kappa shape index (κ3) is 4.24. The van der Waals surface area contributed by atoms with Crippen LogP contribution in [0.3, 0.4) is 0 Å². The lowest BCUT2D eigenvalue weighted by Gasteiger charge is -2.16. The van der Waals surface area contributed by atoms with Gasteiger partial charge in [0.15, 0.2) is 0 Å². The molecular formula is C17H19Cl2N. The summed E-state index contributed by atoms with van der Waals surface area (Å²) < 4.78 is 0. The van der Waals surface area contributed by atoms with Crippen LogP contribution >= 0.6 is 23.2 Å². The zero-order valence-corrected chi connectivity index (χ0v) is 13.1. The van der Waals surface area contributed by atoms with Crippen molar-refractivity contribution in [1.29, 1.82) is 0 Å². The Morgan fingerprint density at radius 2 is 1.75 bits per heavy atom. The highest BCUT2D eigenvalue weighted by Gasteiger charge is 2.10. The van der Waals surface area contributed by atoms with Crippen molar-refractivity contribution >= 4 is 23.2 Å². The van der Waals surface area contributed by atoms with Gasteiger partial charge in [-0.1, -0.05) is 65.7 Å². The largest absolute Gasteiger partial charge is 0.310 e. The van der Waals surface area contributed by atoms with Crippen LogP contribution in [-0.2, 0) is 6.42 Å². The van der Waals surface area contributed by atoms with Crippen LogP contribution in [0.5, 0.6) is 0 Å². The summed E-state index contributed by atoms with van der Waals surface area (Å²) in [6.45, 7) is 3.07. The summed E-state index contributed by atoms with van der Waals surface area (Å²) in [7, 11) is 0. The number of hydrogen-bond acceptors (Lipinski definition) is 1. The lowest BCUT2D eigenvalue weighted by molar-refractivity contribution is 0.558. The van der Waals surface area contributed by atoms with Gasteiger partial charge in [-0.3, -0.25) is 0 Å². The zero-order valence-electron chi connectivity index (χ0n) is 11.6. The molecule has 20 heavy (non-hydrogen) atoms. The molecule has 0 bridgehead atoms. The van der Waals surface area contributed by atoms with E-state index in [1.807, 2.05) is 24.3 Å². The summed E-state index contributed by atoms with van der Waals surface area (Å²) in [4.78, 5) is 0. The van der Waals surface area contributed by atoms with Crippen LogP contribution in [-0.4, -0.2) is 6.54 Å². The van der Waals surface area contributed by atoms with Crippen LogP contribution in [0.2, 0.25) is 10.0 Å². The van der Waals surface area contributed by atoms with Crippen molar-refractivity contribution in [2.24, 2.45) is 0 Å². The molecule has 0 aliphatic carbocycles. The maximum Gasteiger partial charge on any atom is 0.0639 e. The Hall–Kier alpha value is -1.02. The number of hydrogen-bond donors (Lipinski definition) is 1. The third-order valence-electron chi connectivity index (χ3n) is 3.38. The topological polar surface area (TPSA) is 12.0 Å². The molecule has 0 spiro atoms. The summed E-state index contributed by atoms with van der Waals surface area (Å²) in [5.41, 5.74) is 2.43. The zero-order chi connectivity index (χ0) is 14.4. The first kappa shape index (κ1) is 15.4. The standard InChI is InChI=1S/C17H19Cl2N/c1-13(15-10-5-11-16(18)17(15)19)20-12-6-9-14-7-3-2-4-8-14/h2-5,7-8,10-11,13,20H,6,9,12H2,1H3. The minimum absolute atomic E-state index is 0.206. The monoisotopic (exact) mass is 307 g/mol. The van der Waals surface area contributed by atoms with Gasteiger partial charge in [-0.05, 0) is 43.5 Å². The molecule has 0 aromatic heterocycles. The second-order valence-corrected chi connectivity index (χ2v) is 5.69. The Kier molecular flexibility index (Phi) is 5.90. The molecule has 2 aromatic carbocycles. The second-order valence-electron chi connectivity index (χ2n) is 4.91. The van der Waals surface area contributed by atoms with Crippen molar-refractivity contribution in [3.63, 3.8) is 0 Å². The lowest BCUT2D eigenvalue weighted by Crippen LogP contribution is -2.20. The van der Waals surface area contributed by atoms with Gasteiger partial charge in [-0.25, -0.2) is 0 Å². The predicted octanol–water partition coefficient (Wildman–Crippen LogP) is 5.28. The average molecular weight is 308 g/mol. The van der Waals surface area contributed by atoms with Gasteiger partial charge in [0.2, 0.25) is 0 Å². The van der Waals surface area contributed by atoms with E-state index in [0.717, 1.165) is 24.9 Å². The van der Waals surface area contributed by atoms with Crippen LogP contribution in [0, 0.1) is 0 Å². The fourth-order valence-corrected chi connectivity index (χ4v) is 2.69. The van der Waals surface area contributed by atoms with Crippen LogP contribution in [0.25, 0.3) is 0 Å². The van der Waals surface area contributed by atoms with Crippen molar-refractivity contribution in [2.75, 3.05) is 6.54 Å². The molecule has 1 unspecified atom stereocenters. The first-order valence-electron chi connectivity index (χ1n) is 6.89. The molecule has 3 heteroatoms. The van der Waals surface area contributed by atoms with E-state index in [0.29, 0.717) is 10.0 Å². The van der Waals surface area contributed by atoms with Gasteiger partial charge in [0.25, 0.3) is 0 Å². The maximum absolute atomic E-state index is 6.22. The summed E-state index contributed by atoms with van der Waals surface area (Å²) in [5.74, 6) is 0. The van der Waals surface area contributed by atoms with Crippen molar-refractivity contribution in [3.8, 4) is 0 Å². The first-order chi connectivity index (χ1) is 9.68. The summed E-state index contributed by atoms with van der Waals surface area (Å²) in [6, 6.07) is 16.5. The molecule has 0 aliphatic heterocycles. The molecular weight excluding hydrogens is 289 g/mol. The average Bonchev–Trinajstić information content (AvgIpc) is 2.47. The molecule has 0 saturated heterocycles. The van der Waals surface area contributed by atoms with Crippen LogP contribution < -0.4 is 5.32 Å². The van der Waals surface area contributed by atoms with E-state index in [1.54, 1.807) is 0 Å². The van der Waals surface area contributed by atoms with Crippen molar-refractivity contribution < 1.29 is 0 Å². The molecule has 1 N–H and O–H groups in total. The highest BCUT2D eigenvalue weighted by atomic mass is 35.5. The van der Waals surface area contributed by atoms with Crippen molar-refractivity contribution in [1.82, 2.24) is 5.32 Å². The summed E-state index contributed by atoms with van der Waals surface area (Å²) in [5, 5.41) is 4.76. The second kappa shape index (κ2) is 7.68. The molecule has 0 saturated carbocycles. The fourth-order valence-electron chi connectivity index (χ4n) is 2.22.